The number of hydrazine groups is 1. The van der Waals surface area contributed by atoms with E-state index in [1.54, 1.807) is 12.4 Å². The third-order valence-electron chi connectivity index (χ3n) is 2.52. The molecular weight excluding hydrogens is 248 g/mol. The summed E-state index contributed by atoms with van der Waals surface area (Å²) in [5.41, 5.74) is 3.26. The lowest BCUT2D eigenvalue weighted by molar-refractivity contribution is 0.0922. The first-order chi connectivity index (χ1) is 9.35. The number of ether oxygens (including phenoxy) is 1. The number of nitrogen functional groups attached to an aromatic ring is 1. The number of hydrogen-bond acceptors (Lipinski definition) is 7. The Morgan fingerprint density at radius 2 is 2.32 bits per heavy atom. The molecule has 5 N–H and O–H groups in total. The number of nitrogens with one attached hydrogen (secondary N) is 2. The predicted molar refractivity (Wildman–Crippen MR) is 71.8 cm³/mol. The molecule has 0 bridgehead atoms. The zero-order chi connectivity index (χ0) is 13.5. The highest BCUT2D eigenvalue weighted by molar-refractivity contribution is 5.65. The molecule has 0 fully saturated rings. The van der Waals surface area contributed by atoms with Crippen molar-refractivity contribution in [3.05, 3.63) is 18.6 Å². The molecule has 0 amide bonds. The summed E-state index contributed by atoms with van der Waals surface area (Å²) in [6, 6.07) is 0. The molecule has 0 atom stereocenters. The van der Waals surface area contributed by atoms with Crippen molar-refractivity contribution in [3.63, 3.8) is 0 Å². The fourth-order valence-electron chi connectivity index (χ4n) is 1.67. The van der Waals surface area contributed by atoms with E-state index in [-0.39, 0.29) is 6.61 Å². The van der Waals surface area contributed by atoms with Crippen molar-refractivity contribution in [3.8, 4) is 0 Å². The lowest BCUT2D eigenvalue weighted by Crippen LogP contribution is -2.13. The fourth-order valence-corrected chi connectivity index (χ4v) is 1.67. The van der Waals surface area contributed by atoms with Crippen molar-refractivity contribution < 1.29 is 9.84 Å². The Morgan fingerprint density at radius 3 is 3.11 bits per heavy atom. The van der Waals surface area contributed by atoms with Gasteiger partial charge in [-0.3, -0.25) is 0 Å². The summed E-state index contributed by atoms with van der Waals surface area (Å²) in [5.74, 6) is 6.60. The van der Waals surface area contributed by atoms with Gasteiger partial charge in [0.2, 0.25) is 0 Å². The standard InChI is InChI=1S/C11H18N6O2/c12-16-9-8-17-4-3-14-11(17)10(15-9)13-2-1-6-19-7-5-18/h3-4,8,16,18H,1-2,5-7,12H2,(H,13,15). The average molecular weight is 266 g/mol. The molecule has 2 aromatic rings. The number of imidazole rings is 1. The van der Waals surface area contributed by atoms with E-state index in [1.807, 2.05) is 10.6 Å². The number of hydrogen-bond donors (Lipinski definition) is 4. The Bertz CT molecular complexity index is 515. The lowest BCUT2D eigenvalue weighted by Gasteiger charge is -2.09. The van der Waals surface area contributed by atoms with Crippen LogP contribution in [-0.2, 0) is 4.74 Å². The van der Waals surface area contributed by atoms with Gasteiger partial charge in [-0.2, -0.15) is 0 Å². The van der Waals surface area contributed by atoms with Crippen LogP contribution in [0.3, 0.4) is 0 Å². The first kappa shape index (κ1) is 13.5. The molecule has 2 heterocycles. The molecule has 0 aliphatic rings. The van der Waals surface area contributed by atoms with Crippen LogP contribution in [0, 0.1) is 0 Å². The average Bonchev–Trinajstić information content (AvgIpc) is 2.90. The summed E-state index contributed by atoms with van der Waals surface area (Å²) in [7, 11) is 0. The maximum absolute atomic E-state index is 8.57. The van der Waals surface area contributed by atoms with Gasteiger partial charge < -0.3 is 25.0 Å². The highest BCUT2D eigenvalue weighted by atomic mass is 16.5. The zero-order valence-corrected chi connectivity index (χ0v) is 10.5. The van der Waals surface area contributed by atoms with Gasteiger partial charge in [0.25, 0.3) is 0 Å². The number of aliphatic hydroxyl groups excluding tert-OH is 1. The van der Waals surface area contributed by atoms with E-state index in [0.29, 0.717) is 31.4 Å². The van der Waals surface area contributed by atoms with Gasteiger partial charge in [-0.15, -0.1) is 0 Å². The second-order valence-corrected chi connectivity index (χ2v) is 3.89. The summed E-state index contributed by atoms with van der Waals surface area (Å²) in [5, 5.41) is 11.8. The van der Waals surface area contributed by atoms with Crippen molar-refractivity contribution in [2.75, 3.05) is 37.1 Å². The SMILES string of the molecule is NNc1cn2ccnc2c(NCCCOCCO)n1. The van der Waals surface area contributed by atoms with E-state index in [0.717, 1.165) is 12.1 Å². The Morgan fingerprint density at radius 1 is 1.42 bits per heavy atom. The van der Waals surface area contributed by atoms with Crippen molar-refractivity contribution in [1.82, 2.24) is 14.4 Å². The molecule has 8 nitrogen and oxygen atoms in total. The van der Waals surface area contributed by atoms with Gasteiger partial charge in [-0.25, -0.2) is 15.8 Å². The van der Waals surface area contributed by atoms with Crippen LogP contribution < -0.4 is 16.6 Å². The molecule has 0 unspecified atom stereocenters. The largest absolute Gasteiger partial charge is 0.394 e. The van der Waals surface area contributed by atoms with Crippen LogP contribution in [0.15, 0.2) is 18.6 Å². The number of aromatic nitrogens is 3. The van der Waals surface area contributed by atoms with Crippen molar-refractivity contribution >= 4 is 17.3 Å². The molecule has 8 heteroatoms. The van der Waals surface area contributed by atoms with Gasteiger partial charge in [-0.1, -0.05) is 0 Å². The number of fused-ring (bicyclic) bond motifs is 1. The molecule has 0 aliphatic heterocycles. The number of aliphatic hydroxyl groups is 1. The number of anilines is 2. The van der Waals surface area contributed by atoms with E-state index in [2.05, 4.69) is 20.7 Å². The van der Waals surface area contributed by atoms with Crippen LogP contribution >= 0.6 is 0 Å². The fraction of sp³-hybridized carbons (Fsp3) is 0.455. The van der Waals surface area contributed by atoms with Gasteiger partial charge >= 0.3 is 0 Å². The molecule has 0 aliphatic carbocycles. The van der Waals surface area contributed by atoms with Gasteiger partial charge in [0, 0.05) is 25.5 Å². The van der Waals surface area contributed by atoms with Crippen molar-refractivity contribution in [1.29, 1.82) is 0 Å². The summed E-state index contributed by atoms with van der Waals surface area (Å²) < 4.78 is 7.01. The minimum Gasteiger partial charge on any atom is -0.394 e. The summed E-state index contributed by atoms with van der Waals surface area (Å²) in [6.07, 6.45) is 6.10. The highest BCUT2D eigenvalue weighted by Crippen LogP contribution is 2.15. The monoisotopic (exact) mass is 266 g/mol. The zero-order valence-electron chi connectivity index (χ0n) is 10.5. The van der Waals surface area contributed by atoms with Crippen LogP contribution in [0.1, 0.15) is 6.42 Å². The molecule has 2 aromatic heterocycles. The maximum atomic E-state index is 8.57. The van der Waals surface area contributed by atoms with E-state index < -0.39 is 0 Å². The molecule has 2 rings (SSSR count). The smallest absolute Gasteiger partial charge is 0.180 e. The summed E-state index contributed by atoms with van der Waals surface area (Å²) in [4.78, 5) is 8.54. The normalized spacial score (nSPS) is 10.8. The van der Waals surface area contributed by atoms with E-state index in [1.165, 1.54) is 0 Å². The molecule has 0 saturated carbocycles. The highest BCUT2D eigenvalue weighted by Gasteiger charge is 2.06. The Balaban J connectivity index is 1.93. The second kappa shape index (κ2) is 6.88. The van der Waals surface area contributed by atoms with Gasteiger partial charge in [0.1, 0.15) is 0 Å². The molecule has 0 radical (unpaired) electrons. The Hall–Kier alpha value is -1.90. The molecular formula is C11H18N6O2. The molecule has 0 aromatic carbocycles. The quantitative estimate of drug-likeness (QED) is 0.298. The molecule has 0 saturated heterocycles. The lowest BCUT2D eigenvalue weighted by atomic mass is 10.4. The van der Waals surface area contributed by atoms with E-state index >= 15 is 0 Å². The van der Waals surface area contributed by atoms with Crippen molar-refractivity contribution in [2.45, 2.75) is 6.42 Å². The maximum Gasteiger partial charge on any atom is 0.180 e. The first-order valence-electron chi connectivity index (χ1n) is 6.08. The minimum absolute atomic E-state index is 0.0495. The third-order valence-corrected chi connectivity index (χ3v) is 2.52. The first-order valence-corrected chi connectivity index (χ1v) is 6.08. The van der Waals surface area contributed by atoms with Crippen LogP contribution in [0.25, 0.3) is 5.65 Å². The topological polar surface area (TPSA) is 110 Å². The van der Waals surface area contributed by atoms with Crippen LogP contribution in [-0.4, -0.2) is 45.8 Å². The Labute approximate surface area is 110 Å². The third kappa shape index (κ3) is 3.53. The van der Waals surface area contributed by atoms with Crippen molar-refractivity contribution in [2.24, 2.45) is 5.84 Å². The Kier molecular flexibility index (Phi) is 4.90. The van der Waals surface area contributed by atoms with Crippen LogP contribution in [0.5, 0.6) is 0 Å². The number of nitrogens with two attached hydrogens (primary N) is 1. The number of rotatable bonds is 8. The van der Waals surface area contributed by atoms with E-state index in [4.69, 9.17) is 15.7 Å². The summed E-state index contributed by atoms with van der Waals surface area (Å²) >= 11 is 0. The molecule has 104 valence electrons. The van der Waals surface area contributed by atoms with Crippen LogP contribution in [0.4, 0.5) is 11.6 Å². The van der Waals surface area contributed by atoms with Gasteiger partial charge in [-0.05, 0) is 6.42 Å². The van der Waals surface area contributed by atoms with Gasteiger partial charge in [0.05, 0.1) is 19.4 Å². The van der Waals surface area contributed by atoms with Gasteiger partial charge in [0.15, 0.2) is 17.3 Å². The predicted octanol–water partition coefficient (Wildman–Crippen LogP) is -0.174. The summed E-state index contributed by atoms with van der Waals surface area (Å²) in [6.45, 7) is 1.71. The molecule has 19 heavy (non-hydrogen) atoms. The minimum atomic E-state index is 0.0495. The van der Waals surface area contributed by atoms with E-state index in [9.17, 15) is 0 Å². The number of nitrogens with zero attached hydrogens (tertiary/aromatic N) is 3. The molecule has 0 spiro atoms. The second-order valence-electron chi connectivity index (χ2n) is 3.89. The van der Waals surface area contributed by atoms with Crippen LogP contribution in [0.2, 0.25) is 0 Å².